The highest BCUT2D eigenvalue weighted by atomic mass is 32.2. The third kappa shape index (κ3) is 3.07. The van der Waals surface area contributed by atoms with Crippen LogP contribution >= 0.6 is 11.8 Å². The second kappa shape index (κ2) is 5.25. The van der Waals surface area contributed by atoms with Gasteiger partial charge in [0.15, 0.2) is 0 Å². The number of nitriles is 1. The number of esters is 1. The zero-order valence-electron chi connectivity index (χ0n) is 7.56. The Morgan fingerprint density at radius 3 is 3.00 bits per heavy atom. The molecule has 0 radical (unpaired) electrons. The van der Waals surface area contributed by atoms with Gasteiger partial charge in [-0.1, -0.05) is 11.8 Å². The highest BCUT2D eigenvalue weighted by Crippen LogP contribution is 2.14. The Morgan fingerprint density at radius 2 is 2.50 bits per heavy atom. The largest absolute Gasteiger partial charge is 0.468 e. The lowest BCUT2D eigenvalue weighted by atomic mass is 10.3. The molecule has 0 amide bonds. The number of carbonyl (C=O) groups excluding carboxylic acids is 1. The topological polar surface area (TPSA) is 63.0 Å². The molecule has 0 unspecified atom stereocenters. The van der Waals surface area contributed by atoms with E-state index in [0.29, 0.717) is 10.6 Å². The van der Waals surface area contributed by atoms with Crippen LogP contribution < -0.4 is 0 Å². The van der Waals surface area contributed by atoms with Gasteiger partial charge in [0.05, 0.1) is 23.5 Å². The van der Waals surface area contributed by atoms with Crippen molar-refractivity contribution >= 4 is 17.7 Å². The first kappa shape index (κ1) is 10.5. The van der Waals surface area contributed by atoms with Crippen LogP contribution in [0.2, 0.25) is 0 Å². The van der Waals surface area contributed by atoms with Crippen molar-refractivity contribution in [2.45, 2.75) is 5.03 Å². The van der Waals surface area contributed by atoms with E-state index in [1.165, 1.54) is 25.1 Å². The Balaban J connectivity index is 2.53. The summed E-state index contributed by atoms with van der Waals surface area (Å²) >= 11 is 1.28. The van der Waals surface area contributed by atoms with Crippen molar-refractivity contribution in [3.63, 3.8) is 0 Å². The molecule has 0 fully saturated rings. The van der Waals surface area contributed by atoms with Crippen molar-refractivity contribution in [3.05, 3.63) is 23.9 Å². The minimum absolute atomic E-state index is 0.232. The Bertz CT molecular complexity index is 356. The highest BCUT2D eigenvalue weighted by molar-refractivity contribution is 7.99. The third-order valence-corrected chi connectivity index (χ3v) is 2.35. The molecule has 1 aromatic rings. The average molecular weight is 208 g/mol. The molecule has 1 rings (SSSR count). The molecule has 0 spiro atoms. The summed E-state index contributed by atoms with van der Waals surface area (Å²) in [5.74, 6) is -0.0590. The van der Waals surface area contributed by atoms with Gasteiger partial charge >= 0.3 is 5.97 Å². The standard InChI is InChI=1S/C9H8N2O2S/c1-13-9(12)6-14-8-3-2-7(4-10)5-11-8/h2-3,5H,6H2,1H3. The summed E-state index contributed by atoms with van der Waals surface area (Å²) in [5, 5.41) is 9.22. The lowest BCUT2D eigenvalue weighted by Crippen LogP contribution is -2.03. The van der Waals surface area contributed by atoms with Crippen LogP contribution in [-0.4, -0.2) is 23.8 Å². The zero-order chi connectivity index (χ0) is 10.4. The summed E-state index contributed by atoms with van der Waals surface area (Å²) < 4.78 is 4.48. The van der Waals surface area contributed by atoms with Crippen LogP contribution in [0.3, 0.4) is 0 Å². The number of nitrogens with zero attached hydrogens (tertiary/aromatic N) is 2. The maximum Gasteiger partial charge on any atom is 0.316 e. The molecule has 1 heterocycles. The van der Waals surface area contributed by atoms with Gasteiger partial charge in [-0.25, -0.2) is 4.98 Å². The Hall–Kier alpha value is -1.54. The van der Waals surface area contributed by atoms with Crippen LogP contribution in [0.15, 0.2) is 23.4 Å². The third-order valence-electron chi connectivity index (χ3n) is 1.43. The van der Waals surface area contributed by atoms with Crippen LogP contribution in [0.5, 0.6) is 0 Å². The van der Waals surface area contributed by atoms with Crippen molar-refractivity contribution in [3.8, 4) is 6.07 Å². The van der Waals surface area contributed by atoms with Gasteiger partial charge in [0, 0.05) is 6.20 Å². The van der Waals surface area contributed by atoms with E-state index in [2.05, 4.69) is 9.72 Å². The van der Waals surface area contributed by atoms with Crippen molar-refractivity contribution in [2.75, 3.05) is 12.9 Å². The summed E-state index contributed by atoms with van der Waals surface area (Å²) in [6.07, 6.45) is 1.47. The molecule has 0 aliphatic carbocycles. The van der Waals surface area contributed by atoms with Gasteiger partial charge in [-0.05, 0) is 12.1 Å². The van der Waals surface area contributed by atoms with E-state index in [1.807, 2.05) is 6.07 Å². The number of pyridine rings is 1. The number of aromatic nitrogens is 1. The monoisotopic (exact) mass is 208 g/mol. The molecule has 0 saturated heterocycles. The first-order chi connectivity index (χ1) is 6.76. The molecule has 0 aliphatic heterocycles. The van der Waals surface area contributed by atoms with Gasteiger partial charge in [-0.2, -0.15) is 5.26 Å². The van der Waals surface area contributed by atoms with Crippen LogP contribution in [0, 0.1) is 11.3 Å². The van der Waals surface area contributed by atoms with Gasteiger partial charge in [-0.15, -0.1) is 0 Å². The van der Waals surface area contributed by atoms with E-state index in [0.717, 1.165) is 0 Å². The molecule has 0 saturated carbocycles. The Morgan fingerprint density at radius 1 is 1.71 bits per heavy atom. The Labute approximate surface area is 85.9 Å². The molecule has 0 N–H and O–H groups in total. The SMILES string of the molecule is COC(=O)CSc1ccc(C#N)cn1. The summed E-state index contributed by atoms with van der Waals surface area (Å²) in [4.78, 5) is 14.8. The van der Waals surface area contributed by atoms with Gasteiger partial charge in [0.2, 0.25) is 0 Å². The molecule has 0 bridgehead atoms. The molecule has 4 nitrogen and oxygen atoms in total. The summed E-state index contributed by atoms with van der Waals surface area (Å²) in [6, 6.07) is 5.33. The second-order valence-electron chi connectivity index (χ2n) is 2.36. The van der Waals surface area contributed by atoms with E-state index in [-0.39, 0.29) is 11.7 Å². The van der Waals surface area contributed by atoms with E-state index in [9.17, 15) is 4.79 Å². The average Bonchev–Trinajstić information content (AvgIpc) is 2.26. The molecule has 0 atom stereocenters. The smallest absolute Gasteiger partial charge is 0.316 e. The zero-order valence-corrected chi connectivity index (χ0v) is 8.37. The minimum Gasteiger partial charge on any atom is -0.468 e. The number of hydrogen-bond donors (Lipinski definition) is 0. The molecule has 1 aromatic heterocycles. The summed E-state index contributed by atoms with van der Waals surface area (Å²) in [5.41, 5.74) is 0.507. The van der Waals surface area contributed by atoms with E-state index < -0.39 is 0 Å². The number of hydrogen-bond acceptors (Lipinski definition) is 5. The summed E-state index contributed by atoms with van der Waals surface area (Å²) in [7, 11) is 1.34. The number of rotatable bonds is 3. The second-order valence-corrected chi connectivity index (χ2v) is 3.36. The first-order valence-electron chi connectivity index (χ1n) is 3.82. The maximum atomic E-state index is 10.8. The molecular weight excluding hydrogens is 200 g/mol. The molecular formula is C9H8N2O2S. The van der Waals surface area contributed by atoms with E-state index >= 15 is 0 Å². The lowest BCUT2D eigenvalue weighted by molar-refractivity contribution is -0.137. The quantitative estimate of drug-likeness (QED) is 0.552. The van der Waals surface area contributed by atoms with Crippen molar-refractivity contribution in [1.29, 1.82) is 5.26 Å². The fourth-order valence-electron chi connectivity index (χ4n) is 0.724. The number of ether oxygens (including phenoxy) is 1. The van der Waals surface area contributed by atoms with Crippen molar-refractivity contribution < 1.29 is 9.53 Å². The Kier molecular flexibility index (Phi) is 3.95. The highest BCUT2D eigenvalue weighted by Gasteiger charge is 2.02. The van der Waals surface area contributed by atoms with E-state index in [4.69, 9.17) is 5.26 Å². The number of carbonyl (C=O) groups is 1. The lowest BCUT2D eigenvalue weighted by Gasteiger charge is -1.98. The summed E-state index contributed by atoms with van der Waals surface area (Å²) in [6.45, 7) is 0. The van der Waals surface area contributed by atoms with Crippen molar-refractivity contribution in [1.82, 2.24) is 4.98 Å². The van der Waals surface area contributed by atoms with Crippen LogP contribution in [0.1, 0.15) is 5.56 Å². The molecule has 14 heavy (non-hydrogen) atoms. The molecule has 5 heteroatoms. The van der Waals surface area contributed by atoms with Gasteiger partial charge < -0.3 is 4.74 Å². The number of thioether (sulfide) groups is 1. The van der Waals surface area contributed by atoms with Gasteiger partial charge in [0.1, 0.15) is 6.07 Å². The predicted molar refractivity (Wildman–Crippen MR) is 51.7 cm³/mol. The molecule has 0 aliphatic rings. The van der Waals surface area contributed by atoms with E-state index in [1.54, 1.807) is 12.1 Å². The van der Waals surface area contributed by atoms with Gasteiger partial charge in [0.25, 0.3) is 0 Å². The molecule has 0 aromatic carbocycles. The normalized spacial score (nSPS) is 9.14. The van der Waals surface area contributed by atoms with Crippen LogP contribution in [0.25, 0.3) is 0 Å². The van der Waals surface area contributed by atoms with Crippen LogP contribution in [0.4, 0.5) is 0 Å². The maximum absolute atomic E-state index is 10.8. The van der Waals surface area contributed by atoms with Gasteiger partial charge in [-0.3, -0.25) is 4.79 Å². The van der Waals surface area contributed by atoms with Crippen molar-refractivity contribution in [2.24, 2.45) is 0 Å². The number of methoxy groups -OCH3 is 1. The fraction of sp³-hybridized carbons (Fsp3) is 0.222. The van der Waals surface area contributed by atoms with Crippen LogP contribution in [-0.2, 0) is 9.53 Å². The fourth-order valence-corrected chi connectivity index (χ4v) is 1.40. The molecule has 72 valence electrons. The minimum atomic E-state index is -0.291. The first-order valence-corrected chi connectivity index (χ1v) is 4.80. The predicted octanol–water partition coefficient (Wildman–Crippen LogP) is 1.22.